The fraction of sp³-hybridized carbons (Fsp3) is 0.471. The van der Waals surface area contributed by atoms with Gasteiger partial charge in [0.15, 0.2) is 0 Å². The molecule has 2 atom stereocenters. The predicted molar refractivity (Wildman–Crippen MR) is 89.3 cm³/mol. The lowest BCUT2D eigenvalue weighted by Crippen LogP contribution is -2.06. The minimum Gasteiger partial charge on any atom is -0.393 e. The van der Waals surface area contributed by atoms with Gasteiger partial charge in [0.25, 0.3) is 0 Å². The molecule has 4 heteroatoms. The molecule has 112 valence electrons. The number of nitriles is 1. The second-order valence-corrected chi connectivity index (χ2v) is 6.16. The topological polar surface area (TPSA) is 49.0 Å². The molecule has 0 spiro atoms. The highest BCUT2D eigenvalue weighted by Gasteiger charge is 2.25. The number of aliphatic hydroxyl groups excluding tert-OH is 1. The second kappa shape index (κ2) is 6.64. The van der Waals surface area contributed by atoms with E-state index in [1.54, 1.807) is 0 Å². The van der Waals surface area contributed by atoms with E-state index >= 15 is 0 Å². The molecule has 3 rings (SSSR count). The molecule has 2 unspecified atom stereocenters. The number of rotatable bonds is 1. The van der Waals surface area contributed by atoms with Gasteiger partial charge < -0.3 is 9.67 Å². The monoisotopic (exact) mass is 348 g/mol. The summed E-state index contributed by atoms with van der Waals surface area (Å²) in [6.45, 7) is 5.97. The Balaban J connectivity index is 0.000000774. The van der Waals surface area contributed by atoms with Gasteiger partial charge in [-0.2, -0.15) is 5.26 Å². The molecule has 2 aromatic rings. The second-order valence-electron chi connectivity index (χ2n) is 5.30. The molecular weight excluding hydrogens is 328 g/mol. The minimum atomic E-state index is -0.180. The average molecular weight is 349 g/mol. The molecule has 1 saturated carbocycles. The zero-order chi connectivity index (χ0) is 15.6. The number of nitrogens with zero attached hydrogens (tertiary/aromatic N) is 2. The molecule has 0 aliphatic heterocycles. The number of fused-ring (bicyclic) bond motifs is 1. The Kier molecular flexibility index (Phi) is 5.08. The standard InChI is InChI=1S/C15H15BrN2O.C2H6/c1-9-4-15-13(5-10(9)7-17)14(16)8-18(15)11-2-3-12(19)6-11;1-2/h4-5,8,11-12,19H,2-3,6H2,1H3;1-2H3. The lowest BCUT2D eigenvalue weighted by molar-refractivity contribution is 0.178. The van der Waals surface area contributed by atoms with E-state index < -0.39 is 0 Å². The van der Waals surface area contributed by atoms with Gasteiger partial charge in [0, 0.05) is 27.6 Å². The van der Waals surface area contributed by atoms with Crippen molar-refractivity contribution in [2.75, 3.05) is 0 Å². The summed E-state index contributed by atoms with van der Waals surface area (Å²) >= 11 is 3.58. The van der Waals surface area contributed by atoms with Crippen LogP contribution < -0.4 is 0 Å². The van der Waals surface area contributed by atoms with E-state index in [0.29, 0.717) is 6.04 Å². The molecule has 0 bridgehead atoms. The normalized spacial score (nSPS) is 21.0. The first kappa shape index (κ1) is 16.1. The number of aliphatic hydroxyl groups is 1. The van der Waals surface area contributed by atoms with E-state index in [2.05, 4.69) is 38.8 Å². The van der Waals surface area contributed by atoms with Crippen LogP contribution in [0, 0.1) is 18.3 Å². The van der Waals surface area contributed by atoms with Gasteiger partial charge in [-0.05, 0) is 59.8 Å². The van der Waals surface area contributed by atoms with Crippen LogP contribution in [-0.2, 0) is 0 Å². The van der Waals surface area contributed by atoms with E-state index in [1.807, 2.05) is 26.8 Å². The Morgan fingerprint density at radius 3 is 2.62 bits per heavy atom. The lowest BCUT2D eigenvalue weighted by atomic mass is 10.1. The van der Waals surface area contributed by atoms with Crippen molar-refractivity contribution in [3.8, 4) is 6.07 Å². The maximum atomic E-state index is 9.71. The third-order valence-corrected chi connectivity index (χ3v) is 4.65. The number of halogens is 1. The number of hydrogen-bond acceptors (Lipinski definition) is 2. The molecule has 1 aromatic heterocycles. The van der Waals surface area contributed by atoms with Crippen LogP contribution in [0.3, 0.4) is 0 Å². The Bertz CT molecular complexity index is 684. The molecule has 1 fully saturated rings. The highest BCUT2D eigenvalue weighted by Crippen LogP contribution is 2.37. The first-order chi connectivity index (χ1) is 10.1. The molecule has 1 aromatic carbocycles. The smallest absolute Gasteiger partial charge is 0.0994 e. The molecule has 1 aliphatic carbocycles. The van der Waals surface area contributed by atoms with Crippen molar-refractivity contribution in [3.63, 3.8) is 0 Å². The highest BCUT2D eigenvalue weighted by molar-refractivity contribution is 9.10. The van der Waals surface area contributed by atoms with Crippen molar-refractivity contribution in [3.05, 3.63) is 33.9 Å². The predicted octanol–water partition coefficient (Wildman–Crippen LogP) is 4.70. The van der Waals surface area contributed by atoms with Crippen LogP contribution in [0.5, 0.6) is 0 Å². The van der Waals surface area contributed by atoms with Crippen molar-refractivity contribution in [2.45, 2.75) is 52.2 Å². The summed E-state index contributed by atoms with van der Waals surface area (Å²) in [5.41, 5.74) is 2.86. The lowest BCUT2D eigenvalue weighted by Gasteiger charge is -2.14. The number of aryl methyl sites for hydroxylation is 1. The van der Waals surface area contributed by atoms with Crippen LogP contribution in [-0.4, -0.2) is 15.8 Å². The van der Waals surface area contributed by atoms with Crippen molar-refractivity contribution >= 4 is 26.8 Å². The van der Waals surface area contributed by atoms with Crippen LogP contribution >= 0.6 is 15.9 Å². The molecule has 3 nitrogen and oxygen atoms in total. The molecule has 1 N–H and O–H groups in total. The van der Waals surface area contributed by atoms with Crippen molar-refractivity contribution < 1.29 is 5.11 Å². The van der Waals surface area contributed by atoms with Gasteiger partial charge in [0.05, 0.1) is 17.7 Å². The van der Waals surface area contributed by atoms with Crippen molar-refractivity contribution in [1.29, 1.82) is 5.26 Å². The molecule has 0 amide bonds. The van der Waals surface area contributed by atoms with Crippen LogP contribution in [0.2, 0.25) is 0 Å². The molecular formula is C17H21BrN2O. The molecule has 0 saturated heterocycles. The number of hydrogen-bond donors (Lipinski definition) is 1. The largest absolute Gasteiger partial charge is 0.393 e. The summed E-state index contributed by atoms with van der Waals surface area (Å²) in [5, 5.41) is 19.9. The third-order valence-electron chi connectivity index (χ3n) is 4.02. The summed E-state index contributed by atoms with van der Waals surface area (Å²) in [6.07, 6.45) is 4.59. The summed E-state index contributed by atoms with van der Waals surface area (Å²) in [4.78, 5) is 0. The highest BCUT2D eigenvalue weighted by atomic mass is 79.9. The van der Waals surface area contributed by atoms with Gasteiger partial charge in [0.1, 0.15) is 0 Å². The quantitative estimate of drug-likeness (QED) is 0.812. The van der Waals surface area contributed by atoms with E-state index in [9.17, 15) is 5.11 Å². The van der Waals surface area contributed by atoms with Gasteiger partial charge in [-0.15, -0.1) is 0 Å². The van der Waals surface area contributed by atoms with Crippen molar-refractivity contribution in [2.24, 2.45) is 0 Å². The molecule has 1 aliphatic rings. The Labute approximate surface area is 134 Å². The Morgan fingerprint density at radius 2 is 2.05 bits per heavy atom. The fourth-order valence-electron chi connectivity index (χ4n) is 2.97. The summed E-state index contributed by atoms with van der Waals surface area (Å²) in [7, 11) is 0. The van der Waals surface area contributed by atoms with E-state index in [4.69, 9.17) is 5.26 Å². The SMILES string of the molecule is CC.Cc1cc2c(cc1C#N)c(Br)cn2C1CCC(O)C1. The maximum absolute atomic E-state index is 9.71. The zero-order valence-electron chi connectivity index (χ0n) is 12.7. The van der Waals surface area contributed by atoms with Gasteiger partial charge in [-0.1, -0.05) is 13.8 Å². The van der Waals surface area contributed by atoms with E-state index in [1.165, 1.54) is 0 Å². The minimum absolute atomic E-state index is 0.180. The fourth-order valence-corrected chi connectivity index (χ4v) is 3.51. The van der Waals surface area contributed by atoms with Gasteiger partial charge >= 0.3 is 0 Å². The third kappa shape index (κ3) is 3.00. The van der Waals surface area contributed by atoms with Crippen LogP contribution in [0.25, 0.3) is 10.9 Å². The van der Waals surface area contributed by atoms with Crippen LogP contribution in [0.1, 0.15) is 50.3 Å². The Morgan fingerprint density at radius 1 is 1.33 bits per heavy atom. The Hall–Kier alpha value is -1.31. The summed E-state index contributed by atoms with van der Waals surface area (Å²) in [5.74, 6) is 0. The van der Waals surface area contributed by atoms with Crippen LogP contribution in [0.4, 0.5) is 0 Å². The van der Waals surface area contributed by atoms with Gasteiger partial charge in [-0.25, -0.2) is 0 Å². The average Bonchev–Trinajstić information content (AvgIpc) is 3.04. The number of benzene rings is 1. The molecule has 1 heterocycles. The molecule has 21 heavy (non-hydrogen) atoms. The van der Waals surface area contributed by atoms with Gasteiger partial charge in [-0.3, -0.25) is 0 Å². The van der Waals surface area contributed by atoms with Crippen LogP contribution in [0.15, 0.2) is 22.8 Å². The van der Waals surface area contributed by atoms with E-state index in [0.717, 1.165) is 45.8 Å². The maximum Gasteiger partial charge on any atom is 0.0994 e. The number of aromatic nitrogens is 1. The van der Waals surface area contributed by atoms with Crippen molar-refractivity contribution in [1.82, 2.24) is 4.57 Å². The summed E-state index contributed by atoms with van der Waals surface area (Å²) < 4.78 is 3.25. The summed E-state index contributed by atoms with van der Waals surface area (Å²) in [6, 6.07) is 6.60. The zero-order valence-corrected chi connectivity index (χ0v) is 14.3. The first-order valence-corrected chi connectivity index (χ1v) is 8.28. The van der Waals surface area contributed by atoms with E-state index in [-0.39, 0.29) is 6.10 Å². The van der Waals surface area contributed by atoms with Gasteiger partial charge in [0.2, 0.25) is 0 Å². The molecule has 0 radical (unpaired) electrons. The first-order valence-electron chi connectivity index (χ1n) is 7.49.